The van der Waals surface area contributed by atoms with E-state index in [1.165, 1.54) is 97.2 Å². The Balaban J connectivity index is 0.926. The molecule has 2 atom stereocenters. The van der Waals surface area contributed by atoms with Crippen LogP contribution < -0.4 is 14.5 Å². The summed E-state index contributed by atoms with van der Waals surface area (Å²) >= 11 is 0. The normalized spacial score (nSPS) is 14.0. The minimum atomic E-state index is -0.585. The van der Waals surface area contributed by atoms with Crippen LogP contribution in [-0.4, -0.2) is 6.61 Å². The Bertz CT molecular complexity index is 3860. The minimum absolute atomic E-state index is 0.0442. The lowest BCUT2D eigenvalue weighted by Crippen LogP contribution is -2.30. The molecule has 0 saturated heterocycles. The first-order valence-corrected chi connectivity index (χ1v) is 32.6. The molecular weight excluding hydrogens is 1050 g/mol. The zero-order chi connectivity index (χ0) is 60.7. The van der Waals surface area contributed by atoms with Crippen molar-refractivity contribution in [2.45, 2.75) is 137 Å². The Morgan fingerprint density at radius 1 is 0.437 bits per heavy atom. The zero-order valence-corrected chi connectivity index (χ0v) is 53.4. The summed E-state index contributed by atoms with van der Waals surface area (Å²) in [6, 6.07) is 88.9. The van der Waals surface area contributed by atoms with Gasteiger partial charge in [0.25, 0.3) is 0 Å². The molecule has 0 heterocycles. The number of rotatable bonds is 24. The first-order valence-electron chi connectivity index (χ1n) is 32.6. The van der Waals surface area contributed by atoms with Gasteiger partial charge in [-0.05, 0) is 232 Å². The van der Waals surface area contributed by atoms with Gasteiger partial charge in [0.15, 0.2) is 0 Å². The van der Waals surface area contributed by atoms with E-state index in [9.17, 15) is 0 Å². The second-order valence-electron chi connectivity index (χ2n) is 25.5. The van der Waals surface area contributed by atoms with Crippen LogP contribution in [0.2, 0.25) is 0 Å². The molecule has 0 radical (unpaired) electrons. The largest absolute Gasteiger partial charge is 0.494 e. The molecule has 3 heteroatoms. The van der Waals surface area contributed by atoms with Crippen LogP contribution in [-0.2, 0) is 10.8 Å². The van der Waals surface area contributed by atoms with Crippen LogP contribution in [0.1, 0.15) is 157 Å². The number of hydrogen-bond acceptors (Lipinski definition) is 3. The highest BCUT2D eigenvalue weighted by atomic mass is 16.5. The van der Waals surface area contributed by atoms with Crippen molar-refractivity contribution in [3.8, 4) is 39.1 Å². The Morgan fingerprint density at radius 3 is 1.41 bits per heavy atom. The molecule has 0 N–H and O–H groups in total. The topological polar surface area (TPSA) is 15.7 Å². The van der Waals surface area contributed by atoms with Crippen molar-refractivity contribution in [2.75, 3.05) is 16.4 Å². The van der Waals surface area contributed by atoms with Gasteiger partial charge in [0.1, 0.15) is 5.75 Å². The van der Waals surface area contributed by atoms with Gasteiger partial charge >= 0.3 is 0 Å². The molecule has 0 bridgehead atoms. The summed E-state index contributed by atoms with van der Waals surface area (Å²) < 4.78 is 6.56. The van der Waals surface area contributed by atoms with Gasteiger partial charge in [-0.15, -0.1) is 0 Å². The van der Waals surface area contributed by atoms with Crippen molar-refractivity contribution in [3.63, 3.8) is 0 Å². The second-order valence-corrected chi connectivity index (χ2v) is 25.5. The van der Waals surface area contributed by atoms with Gasteiger partial charge in [-0.1, -0.05) is 226 Å². The average Bonchev–Trinajstić information content (AvgIpc) is 1.57. The molecule has 3 nitrogen and oxygen atoms in total. The molecule has 1 aliphatic carbocycles. The van der Waals surface area contributed by atoms with Crippen LogP contribution in [0.15, 0.2) is 237 Å². The van der Waals surface area contributed by atoms with Crippen LogP contribution in [0.4, 0.5) is 34.1 Å². The van der Waals surface area contributed by atoms with E-state index in [2.05, 4.69) is 316 Å². The number of anilines is 6. The third-order valence-corrected chi connectivity index (χ3v) is 19.5. The third-order valence-electron chi connectivity index (χ3n) is 19.5. The molecule has 0 spiro atoms. The van der Waals surface area contributed by atoms with Crippen LogP contribution in [0.3, 0.4) is 0 Å². The molecule has 0 aliphatic heterocycles. The predicted octanol–water partition coefficient (Wildman–Crippen LogP) is 24.2. The minimum Gasteiger partial charge on any atom is -0.494 e. The molecule has 442 valence electrons. The molecular formula is C84H90N2O. The summed E-state index contributed by atoms with van der Waals surface area (Å²) in [7, 11) is 0. The first-order chi connectivity index (χ1) is 42.3. The van der Waals surface area contributed by atoms with Crippen molar-refractivity contribution >= 4 is 34.1 Å². The molecule has 0 fully saturated rings. The van der Waals surface area contributed by atoms with Gasteiger partial charge in [0.2, 0.25) is 0 Å². The summed E-state index contributed by atoms with van der Waals surface area (Å²) in [5, 5.41) is 0. The molecule has 0 aromatic heterocycles. The number of ether oxygens (including phenoxy) is 1. The summed E-state index contributed by atoms with van der Waals surface area (Å²) in [5.74, 6) is 2.91. The predicted molar refractivity (Wildman–Crippen MR) is 373 cm³/mol. The maximum atomic E-state index is 6.56. The smallest absolute Gasteiger partial charge is 0.119 e. The molecule has 1 aliphatic rings. The SMILES string of the molecule is CCC(CC)c1ccc(N(c2ccccc2)c2ccc(-c3ccc(N(c4ccccc4)c4ccc(-c5ccc6c(c5)C(c5ccc(OCCC(C)CCCC(C)C)cc5)(c5cc(C)ccc5C)c5cc(C(C)(CC)CC)ccc5-6)cc4)cc3)cc2)cc1. The Morgan fingerprint density at radius 2 is 0.908 bits per heavy atom. The summed E-state index contributed by atoms with van der Waals surface area (Å²) in [4.78, 5) is 4.72. The molecule has 0 saturated carbocycles. The Kier molecular flexibility index (Phi) is 18.5. The number of benzene rings is 10. The monoisotopic (exact) mass is 1140 g/mol. The first kappa shape index (κ1) is 60.3. The van der Waals surface area contributed by atoms with Crippen molar-refractivity contribution in [2.24, 2.45) is 11.8 Å². The third kappa shape index (κ3) is 12.5. The van der Waals surface area contributed by atoms with Gasteiger partial charge in [-0.2, -0.15) is 0 Å². The lowest BCUT2D eigenvalue weighted by molar-refractivity contribution is 0.275. The highest BCUT2D eigenvalue weighted by molar-refractivity contribution is 5.90. The lowest BCUT2D eigenvalue weighted by atomic mass is 9.65. The van der Waals surface area contributed by atoms with Crippen molar-refractivity contribution in [1.29, 1.82) is 0 Å². The van der Waals surface area contributed by atoms with E-state index in [1.807, 2.05) is 0 Å². The van der Waals surface area contributed by atoms with Crippen LogP contribution in [0, 0.1) is 25.7 Å². The highest BCUT2D eigenvalue weighted by Gasteiger charge is 2.48. The Labute approximate surface area is 521 Å². The summed E-state index contributed by atoms with van der Waals surface area (Å²) in [5.41, 5.74) is 24.1. The number of aryl methyl sites for hydroxylation is 2. The highest BCUT2D eigenvalue weighted by Crippen LogP contribution is 2.59. The number of fused-ring (bicyclic) bond motifs is 3. The van der Waals surface area contributed by atoms with Crippen LogP contribution in [0.25, 0.3) is 33.4 Å². The van der Waals surface area contributed by atoms with Crippen molar-refractivity contribution in [1.82, 2.24) is 0 Å². The number of hydrogen-bond donors (Lipinski definition) is 0. The van der Waals surface area contributed by atoms with Crippen LogP contribution >= 0.6 is 0 Å². The van der Waals surface area contributed by atoms with Gasteiger partial charge in [0, 0.05) is 34.1 Å². The lowest BCUT2D eigenvalue weighted by Gasteiger charge is -2.37. The van der Waals surface area contributed by atoms with E-state index >= 15 is 0 Å². The molecule has 0 amide bonds. The van der Waals surface area contributed by atoms with Gasteiger partial charge in [-0.25, -0.2) is 0 Å². The maximum Gasteiger partial charge on any atom is 0.119 e. The van der Waals surface area contributed by atoms with E-state index in [0.29, 0.717) is 11.8 Å². The summed E-state index contributed by atoms with van der Waals surface area (Å²) in [6.45, 7) is 24.0. The quantitative estimate of drug-likeness (QED) is 0.0600. The second kappa shape index (κ2) is 26.7. The Hall–Kier alpha value is -8.40. The van der Waals surface area contributed by atoms with Gasteiger partial charge in [0.05, 0.1) is 12.0 Å². The number of nitrogens with zero attached hydrogens (tertiary/aromatic N) is 2. The molecule has 11 rings (SSSR count). The molecule has 2 unspecified atom stereocenters. The zero-order valence-electron chi connectivity index (χ0n) is 53.4. The van der Waals surface area contributed by atoms with Crippen molar-refractivity contribution in [3.05, 3.63) is 281 Å². The molecule has 10 aromatic carbocycles. The number of para-hydroxylation sites is 2. The molecule has 10 aromatic rings. The van der Waals surface area contributed by atoms with Gasteiger partial charge < -0.3 is 14.5 Å². The van der Waals surface area contributed by atoms with E-state index in [0.717, 1.165) is 84.5 Å². The van der Waals surface area contributed by atoms with E-state index < -0.39 is 5.41 Å². The fraction of sp³-hybridized carbons (Fsp3) is 0.286. The van der Waals surface area contributed by atoms with E-state index in [4.69, 9.17) is 4.74 Å². The van der Waals surface area contributed by atoms with Gasteiger partial charge in [-0.3, -0.25) is 0 Å². The average molecular weight is 1140 g/mol. The standard InChI is InChI=1S/C84H90N2O/c1-11-63(12-2)64-30-42-73(43-31-64)85(71-24-17-15-18-25-71)74-44-32-65(33-45-74)66-34-46-75(47-35-66)86(72-26-19-16-20-27-72)76-48-36-67(37-49-76)68-38-52-78-79-53-41-70(83(10,13-3)14-4)58-82(79)84(81(78)57-68,80-56-61(8)28-29-62(80)9)69-39-50-77(51-40-69)87-55-54-60(7)23-21-22-59(5)6/h15-20,24-53,56-60,63H,11-14,21-23,54-55H2,1-10H3. The fourth-order valence-corrected chi connectivity index (χ4v) is 13.7. The van der Waals surface area contributed by atoms with E-state index in [-0.39, 0.29) is 5.41 Å². The van der Waals surface area contributed by atoms with Crippen LogP contribution in [0.5, 0.6) is 5.75 Å². The van der Waals surface area contributed by atoms with Crippen molar-refractivity contribution < 1.29 is 4.74 Å². The van der Waals surface area contributed by atoms with E-state index in [1.54, 1.807) is 0 Å². The maximum absolute atomic E-state index is 6.56. The molecule has 87 heavy (non-hydrogen) atoms. The fourth-order valence-electron chi connectivity index (χ4n) is 13.7. The summed E-state index contributed by atoms with van der Waals surface area (Å²) in [6.07, 6.45) is 9.32.